The molecule has 0 fully saturated rings. The van der Waals surface area contributed by atoms with Crippen LogP contribution < -0.4 is 0 Å². The van der Waals surface area contributed by atoms with Crippen LogP contribution in [0.25, 0.3) is 21.9 Å². The van der Waals surface area contributed by atoms with E-state index in [1.807, 2.05) is 6.07 Å². The molecular weight excluding hydrogens is 328 g/mol. The van der Waals surface area contributed by atoms with Gasteiger partial charge in [-0.25, -0.2) is 0 Å². The summed E-state index contributed by atoms with van der Waals surface area (Å²) in [5.41, 5.74) is 4.55. The number of fused-ring (bicyclic) bond motifs is 1. The maximum Gasteiger partial charge on any atom is 0.123 e. The second-order valence-corrected chi connectivity index (χ2v) is 8.46. The molecule has 0 bridgehead atoms. The Labute approximate surface area is 164 Å². The first-order valence-corrected chi connectivity index (χ1v) is 10.3. The number of aryl methyl sites for hydroxylation is 1. The number of aromatic hydroxyl groups is 1. The zero-order valence-electron chi connectivity index (χ0n) is 17.2. The Morgan fingerprint density at radius 1 is 0.852 bits per heavy atom. The van der Waals surface area contributed by atoms with E-state index in [-0.39, 0.29) is 5.41 Å². The third kappa shape index (κ3) is 4.35. The lowest BCUT2D eigenvalue weighted by Crippen LogP contribution is -2.16. The Kier molecular flexibility index (Phi) is 5.89. The second kappa shape index (κ2) is 8.17. The lowest BCUT2D eigenvalue weighted by Gasteiger charge is -2.26. The first-order chi connectivity index (χ1) is 12.9. The summed E-state index contributed by atoms with van der Waals surface area (Å²) in [5, 5.41) is 13.2. The lowest BCUT2D eigenvalue weighted by molar-refractivity contribution is 0.438. The van der Waals surface area contributed by atoms with E-state index >= 15 is 0 Å². The summed E-state index contributed by atoms with van der Waals surface area (Å²) in [5.74, 6) is 0.378. The number of phenolic OH excluding ortho intramolecular Hbond substituents is 1. The van der Waals surface area contributed by atoms with Gasteiger partial charge < -0.3 is 5.11 Å². The first-order valence-electron chi connectivity index (χ1n) is 10.3. The average molecular weight is 361 g/mol. The highest BCUT2D eigenvalue weighted by Crippen LogP contribution is 2.39. The normalized spacial score (nSPS) is 11.9. The quantitative estimate of drug-likeness (QED) is 0.427. The van der Waals surface area contributed by atoms with Crippen LogP contribution >= 0.6 is 0 Å². The Bertz CT molecular complexity index is 921. The molecular formula is C26H32O. The molecule has 0 saturated carbocycles. The van der Waals surface area contributed by atoms with Gasteiger partial charge in [-0.2, -0.15) is 0 Å². The standard InChI is InChI=1S/C26H32O/c1-5-6-7-8-16-26(3,4)21-14-15-23(25(27)18-21)22-11-9-10-20-13-12-19(2)17-24(20)22/h9-15,17-18,27H,5-8,16H2,1-4H3. The fourth-order valence-corrected chi connectivity index (χ4v) is 3.94. The molecule has 0 aliphatic heterocycles. The molecule has 1 nitrogen and oxygen atoms in total. The van der Waals surface area contributed by atoms with E-state index in [4.69, 9.17) is 0 Å². The van der Waals surface area contributed by atoms with Crippen LogP contribution in [0.4, 0.5) is 0 Å². The third-order valence-electron chi connectivity index (χ3n) is 5.76. The fraction of sp³-hybridized carbons (Fsp3) is 0.385. The molecule has 0 aromatic heterocycles. The smallest absolute Gasteiger partial charge is 0.123 e. The van der Waals surface area contributed by atoms with Crippen molar-refractivity contribution in [3.63, 3.8) is 0 Å². The van der Waals surface area contributed by atoms with Crippen molar-refractivity contribution >= 4 is 10.8 Å². The van der Waals surface area contributed by atoms with Crippen LogP contribution in [0, 0.1) is 6.92 Å². The monoisotopic (exact) mass is 360 g/mol. The lowest BCUT2D eigenvalue weighted by atomic mass is 9.79. The number of benzene rings is 3. The minimum Gasteiger partial charge on any atom is -0.507 e. The summed E-state index contributed by atoms with van der Waals surface area (Å²) in [7, 11) is 0. The minimum absolute atomic E-state index is 0.0824. The highest BCUT2D eigenvalue weighted by Gasteiger charge is 2.21. The molecule has 3 aromatic rings. The maximum atomic E-state index is 10.8. The topological polar surface area (TPSA) is 20.2 Å². The molecule has 0 aliphatic rings. The largest absolute Gasteiger partial charge is 0.507 e. The van der Waals surface area contributed by atoms with Crippen LogP contribution in [0.3, 0.4) is 0 Å². The Hall–Kier alpha value is -2.28. The molecule has 3 rings (SSSR count). The van der Waals surface area contributed by atoms with Crippen LogP contribution in [0.5, 0.6) is 5.75 Å². The van der Waals surface area contributed by atoms with Crippen LogP contribution in [0.1, 0.15) is 64.0 Å². The Morgan fingerprint density at radius 2 is 1.67 bits per heavy atom. The molecule has 0 heterocycles. The van der Waals surface area contributed by atoms with Crippen molar-refractivity contribution in [1.29, 1.82) is 0 Å². The second-order valence-electron chi connectivity index (χ2n) is 8.46. The van der Waals surface area contributed by atoms with Gasteiger partial charge >= 0.3 is 0 Å². The van der Waals surface area contributed by atoms with Crippen molar-refractivity contribution in [3.8, 4) is 16.9 Å². The SMILES string of the molecule is CCCCCCC(C)(C)c1ccc(-c2cccc3ccc(C)cc23)c(O)c1. The number of hydrogen-bond donors (Lipinski definition) is 1. The summed E-state index contributed by atoms with van der Waals surface area (Å²) < 4.78 is 0. The predicted molar refractivity (Wildman–Crippen MR) is 118 cm³/mol. The Balaban J connectivity index is 1.93. The zero-order chi connectivity index (χ0) is 19.4. The van der Waals surface area contributed by atoms with Crippen molar-refractivity contribution in [2.75, 3.05) is 0 Å². The molecule has 0 spiro atoms. The first kappa shape index (κ1) is 19.5. The van der Waals surface area contributed by atoms with Crippen LogP contribution in [-0.4, -0.2) is 5.11 Å². The summed E-state index contributed by atoms with van der Waals surface area (Å²) in [6.45, 7) is 8.93. The molecule has 142 valence electrons. The van der Waals surface area contributed by atoms with Gasteiger partial charge in [-0.15, -0.1) is 0 Å². The van der Waals surface area contributed by atoms with Crippen molar-refractivity contribution in [2.45, 2.75) is 65.2 Å². The molecule has 0 aliphatic carbocycles. The molecule has 1 N–H and O–H groups in total. The van der Waals surface area contributed by atoms with E-state index in [9.17, 15) is 5.11 Å². The zero-order valence-corrected chi connectivity index (χ0v) is 17.2. The van der Waals surface area contributed by atoms with Crippen molar-refractivity contribution in [2.24, 2.45) is 0 Å². The van der Waals surface area contributed by atoms with Crippen LogP contribution in [0.2, 0.25) is 0 Å². The van der Waals surface area contributed by atoms with Gasteiger partial charge in [0.05, 0.1) is 0 Å². The molecule has 3 aromatic carbocycles. The van der Waals surface area contributed by atoms with Crippen LogP contribution in [-0.2, 0) is 5.41 Å². The van der Waals surface area contributed by atoms with Crippen molar-refractivity contribution < 1.29 is 5.11 Å². The van der Waals surface area contributed by atoms with Crippen LogP contribution in [0.15, 0.2) is 54.6 Å². The summed E-state index contributed by atoms with van der Waals surface area (Å²) in [4.78, 5) is 0. The van der Waals surface area contributed by atoms with E-state index < -0.39 is 0 Å². The predicted octanol–water partition coefficient (Wildman–Crippen LogP) is 7.77. The number of unbranched alkanes of at least 4 members (excludes halogenated alkanes) is 3. The number of phenols is 1. The highest BCUT2D eigenvalue weighted by atomic mass is 16.3. The fourth-order valence-electron chi connectivity index (χ4n) is 3.94. The van der Waals surface area contributed by atoms with Gasteiger partial charge in [0.15, 0.2) is 0 Å². The minimum atomic E-state index is 0.0824. The highest BCUT2D eigenvalue weighted by molar-refractivity contribution is 5.98. The summed E-state index contributed by atoms with van der Waals surface area (Å²) in [6, 6.07) is 19.1. The number of hydrogen-bond acceptors (Lipinski definition) is 1. The van der Waals surface area contributed by atoms with E-state index in [1.165, 1.54) is 47.6 Å². The van der Waals surface area contributed by atoms with E-state index in [1.54, 1.807) is 0 Å². The van der Waals surface area contributed by atoms with Gasteiger partial charge in [-0.1, -0.05) is 101 Å². The van der Waals surface area contributed by atoms with Gasteiger partial charge in [-0.05, 0) is 46.7 Å². The molecule has 0 amide bonds. The van der Waals surface area contributed by atoms with Gasteiger partial charge in [0.2, 0.25) is 0 Å². The van der Waals surface area contributed by atoms with Crippen molar-refractivity contribution in [1.82, 2.24) is 0 Å². The van der Waals surface area contributed by atoms with Gasteiger partial charge in [-0.3, -0.25) is 0 Å². The summed E-state index contributed by atoms with van der Waals surface area (Å²) in [6.07, 6.45) is 6.26. The molecule has 27 heavy (non-hydrogen) atoms. The molecule has 0 atom stereocenters. The molecule has 0 unspecified atom stereocenters. The third-order valence-corrected chi connectivity index (χ3v) is 5.76. The average Bonchev–Trinajstić information content (AvgIpc) is 2.65. The molecule has 0 saturated heterocycles. The van der Waals surface area contributed by atoms with E-state index in [0.717, 1.165) is 17.5 Å². The van der Waals surface area contributed by atoms with E-state index in [0.29, 0.717) is 5.75 Å². The van der Waals surface area contributed by atoms with E-state index in [2.05, 4.69) is 76.2 Å². The van der Waals surface area contributed by atoms with Gasteiger partial charge in [0, 0.05) is 5.56 Å². The molecule has 0 radical (unpaired) electrons. The van der Waals surface area contributed by atoms with Gasteiger partial charge in [0.25, 0.3) is 0 Å². The molecule has 1 heteroatoms. The maximum absolute atomic E-state index is 10.8. The van der Waals surface area contributed by atoms with Crippen molar-refractivity contribution in [3.05, 3.63) is 65.7 Å². The summed E-state index contributed by atoms with van der Waals surface area (Å²) >= 11 is 0. The number of rotatable bonds is 7. The van der Waals surface area contributed by atoms with Gasteiger partial charge in [0.1, 0.15) is 5.75 Å². The Morgan fingerprint density at radius 3 is 2.41 bits per heavy atom.